The summed E-state index contributed by atoms with van der Waals surface area (Å²) in [6.07, 6.45) is 0.392. The van der Waals surface area contributed by atoms with Crippen LogP contribution >= 0.6 is 11.8 Å². The van der Waals surface area contributed by atoms with Gasteiger partial charge in [-0.2, -0.15) is 0 Å². The van der Waals surface area contributed by atoms with Gasteiger partial charge in [-0.25, -0.2) is 4.79 Å². The Labute approximate surface area is 252 Å². The maximum Gasteiger partial charge on any atom is 0.410 e. The Balaban J connectivity index is 1.79. The van der Waals surface area contributed by atoms with Gasteiger partial charge < -0.3 is 25.4 Å². The molecule has 5 atom stereocenters. The monoisotopic (exact) mass is 604 g/mol. The van der Waals surface area contributed by atoms with Crippen molar-refractivity contribution < 1.29 is 33.8 Å². The van der Waals surface area contributed by atoms with E-state index in [2.05, 4.69) is 10.6 Å². The Kier molecular flexibility index (Phi) is 10.6. The van der Waals surface area contributed by atoms with Gasteiger partial charge in [0.1, 0.15) is 23.7 Å². The maximum absolute atomic E-state index is 14.0. The molecule has 2 heterocycles. The number of nitrogens with zero attached hydrogens (tertiary/aromatic N) is 2. The molecule has 2 aliphatic rings. The predicted octanol–water partition coefficient (Wildman–Crippen LogP) is 3.54. The van der Waals surface area contributed by atoms with Crippen molar-refractivity contribution in [2.45, 2.75) is 102 Å². The zero-order valence-electron chi connectivity index (χ0n) is 25.5. The smallest absolute Gasteiger partial charge is 0.410 e. The van der Waals surface area contributed by atoms with E-state index in [9.17, 15) is 29.1 Å². The standard InChI is InChI=1S/C30H44N4O7S/c1-18(33(7)28(40)41-29(2,3)4)25(37)32-21-15-16-42-22-17-30(5,6)24(34(22)27(21)39)26(38)31-20(13-14-23(35)36)19-11-9-8-10-12-19/h8-12,18,20-22,24H,13-17H2,1-7H3,(H,31,38)(H,32,37)(H,35,36)/t18-,20+,21-,22-,24+/m0/s1. The van der Waals surface area contributed by atoms with Crippen molar-refractivity contribution in [1.29, 1.82) is 0 Å². The number of rotatable bonds is 9. The molecular formula is C30H44N4O7S. The quantitative estimate of drug-likeness (QED) is 0.388. The van der Waals surface area contributed by atoms with Crippen molar-refractivity contribution in [2.75, 3.05) is 12.8 Å². The van der Waals surface area contributed by atoms with Crippen molar-refractivity contribution >= 4 is 41.5 Å². The van der Waals surface area contributed by atoms with Gasteiger partial charge in [0.15, 0.2) is 0 Å². The summed E-state index contributed by atoms with van der Waals surface area (Å²) in [5.41, 5.74) is -0.512. The second-order valence-electron chi connectivity index (χ2n) is 12.7. The number of likely N-dealkylation sites (N-methyl/N-ethyl adjacent to an activating group) is 1. The molecule has 12 heteroatoms. The molecule has 2 saturated heterocycles. The Bertz CT molecular complexity index is 1170. The van der Waals surface area contributed by atoms with E-state index in [1.54, 1.807) is 44.4 Å². The van der Waals surface area contributed by atoms with E-state index in [1.165, 1.54) is 11.9 Å². The molecule has 1 aromatic rings. The van der Waals surface area contributed by atoms with E-state index in [-0.39, 0.29) is 30.0 Å². The molecule has 2 fully saturated rings. The number of carboxylic acid groups (broad SMARTS) is 1. The minimum absolute atomic E-state index is 0.126. The number of fused-ring (bicyclic) bond motifs is 1. The second kappa shape index (κ2) is 13.4. The first-order valence-electron chi connectivity index (χ1n) is 14.3. The van der Waals surface area contributed by atoms with Crippen LogP contribution < -0.4 is 10.6 Å². The molecule has 3 N–H and O–H groups in total. The lowest BCUT2D eigenvalue weighted by molar-refractivity contribution is -0.144. The number of aliphatic carboxylic acids is 1. The molecule has 0 saturated carbocycles. The third kappa shape index (κ3) is 8.17. The Morgan fingerprint density at radius 3 is 2.43 bits per heavy atom. The van der Waals surface area contributed by atoms with E-state index in [4.69, 9.17) is 4.74 Å². The van der Waals surface area contributed by atoms with Crippen LogP contribution in [0.2, 0.25) is 0 Å². The zero-order chi connectivity index (χ0) is 31.4. The first kappa shape index (κ1) is 33.2. The van der Waals surface area contributed by atoms with Crippen LogP contribution in [0, 0.1) is 5.41 Å². The summed E-state index contributed by atoms with van der Waals surface area (Å²) in [6.45, 7) is 10.7. The highest BCUT2D eigenvalue weighted by Gasteiger charge is 2.54. The molecule has 0 bridgehead atoms. The van der Waals surface area contributed by atoms with Crippen LogP contribution in [0.25, 0.3) is 0 Å². The van der Waals surface area contributed by atoms with Gasteiger partial charge in [0.05, 0.1) is 11.4 Å². The van der Waals surface area contributed by atoms with Gasteiger partial charge in [0.25, 0.3) is 0 Å². The van der Waals surface area contributed by atoms with Gasteiger partial charge in [-0.15, -0.1) is 11.8 Å². The van der Waals surface area contributed by atoms with Crippen molar-refractivity contribution in [1.82, 2.24) is 20.4 Å². The van der Waals surface area contributed by atoms with Crippen LogP contribution in [-0.4, -0.2) is 86.6 Å². The molecule has 3 rings (SSSR count). The highest BCUT2D eigenvalue weighted by atomic mass is 32.2. The SMILES string of the molecule is C[C@@H](C(=O)N[C@H]1CCS[C@H]2CC(C)(C)[C@@H](C(=O)N[C@H](CCC(=O)O)c3ccccc3)N2C1=O)N(C)C(=O)OC(C)(C)C. The highest BCUT2D eigenvalue weighted by molar-refractivity contribution is 7.99. The third-order valence-corrected chi connectivity index (χ3v) is 8.92. The first-order valence-corrected chi connectivity index (χ1v) is 15.3. The summed E-state index contributed by atoms with van der Waals surface area (Å²) in [5, 5.41) is 14.9. The van der Waals surface area contributed by atoms with E-state index in [1.807, 2.05) is 44.2 Å². The Morgan fingerprint density at radius 2 is 1.83 bits per heavy atom. The molecule has 1 aromatic carbocycles. The summed E-state index contributed by atoms with van der Waals surface area (Å²) >= 11 is 1.58. The predicted molar refractivity (Wildman–Crippen MR) is 159 cm³/mol. The molecule has 0 radical (unpaired) electrons. The number of nitrogens with one attached hydrogen (secondary N) is 2. The van der Waals surface area contributed by atoms with Crippen LogP contribution in [0.5, 0.6) is 0 Å². The lowest BCUT2D eigenvalue weighted by Gasteiger charge is -2.35. The number of hydrogen-bond acceptors (Lipinski definition) is 7. The average molecular weight is 605 g/mol. The Hall–Kier alpha value is -3.28. The molecule has 0 unspecified atom stereocenters. The Morgan fingerprint density at radius 1 is 1.19 bits per heavy atom. The van der Waals surface area contributed by atoms with Crippen molar-refractivity contribution in [3.05, 3.63) is 35.9 Å². The molecule has 0 spiro atoms. The van der Waals surface area contributed by atoms with Crippen LogP contribution in [0.15, 0.2) is 30.3 Å². The van der Waals surface area contributed by atoms with Crippen LogP contribution in [0.1, 0.15) is 78.8 Å². The van der Waals surface area contributed by atoms with Gasteiger partial charge in [-0.05, 0) is 63.7 Å². The minimum atomic E-state index is -0.962. The van der Waals surface area contributed by atoms with E-state index < -0.39 is 53.2 Å². The summed E-state index contributed by atoms with van der Waals surface area (Å²) in [5.74, 6) is -1.57. The fraction of sp³-hybridized carbons (Fsp3) is 0.633. The lowest BCUT2D eigenvalue weighted by Crippen LogP contribution is -2.58. The van der Waals surface area contributed by atoms with E-state index in [0.717, 1.165) is 5.56 Å². The van der Waals surface area contributed by atoms with Gasteiger partial charge in [-0.3, -0.25) is 24.1 Å². The van der Waals surface area contributed by atoms with Gasteiger partial charge in [0, 0.05) is 13.5 Å². The summed E-state index contributed by atoms with van der Waals surface area (Å²) in [4.78, 5) is 67.7. The van der Waals surface area contributed by atoms with E-state index >= 15 is 0 Å². The molecule has 0 aromatic heterocycles. The van der Waals surface area contributed by atoms with Crippen LogP contribution in [-0.2, 0) is 23.9 Å². The van der Waals surface area contributed by atoms with Gasteiger partial charge >= 0.3 is 12.1 Å². The molecule has 232 valence electrons. The number of thioether (sulfide) groups is 1. The number of hydrogen-bond donors (Lipinski definition) is 3. The molecule has 11 nitrogen and oxygen atoms in total. The van der Waals surface area contributed by atoms with Gasteiger partial charge in [-0.1, -0.05) is 44.2 Å². The highest BCUT2D eigenvalue weighted by Crippen LogP contribution is 2.46. The van der Waals surface area contributed by atoms with Crippen LogP contribution in [0.4, 0.5) is 4.79 Å². The van der Waals surface area contributed by atoms with Crippen molar-refractivity contribution in [2.24, 2.45) is 5.41 Å². The second-order valence-corrected chi connectivity index (χ2v) is 14.0. The largest absolute Gasteiger partial charge is 0.481 e. The fourth-order valence-corrected chi connectivity index (χ4v) is 6.92. The number of amides is 4. The van der Waals surface area contributed by atoms with E-state index in [0.29, 0.717) is 18.6 Å². The number of carbonyl (C=O) groups excluding carboxylic acids is 4. The molecule has 4 amide bonds. The molecular weight excluding hydrogens is 560 g/mol. The number of carbonyl (C=O) groups is 5. The lowest BCUT2D eigenvalue weighted by atomic mass is 9.83. The minimum Gasteiger partial charge on any atom is -0.481 e. The molecule has 2 aliphatic heterocycles. The van der Waals surface area contributed by atoms with Crippen molar-refractivity contribution in [3.63, 3.8) is 0 Å². The normalized spacial score (nSPS) is 23.2. The zero-order valence-corrected chi connectivity index (χ0v) is 26.3. The maximum atomic E-state index is 14.0. The van der Waals surface area contributed by atoms with Crippen molar-refractivity contribution in [3.8, 4) is 0 Å². The summed E-state index contributed by atoms with van der Waals surface area (Å²) in [7, 11) is 1.47. The fourth-order valence-electron chi connectivity index (χ4n) is 5.34. The third-order valence-electron chi connectivity index (χ3n) is 7.67. The number of carboxylic acids is 1. The summed E-state index contributed by atoms with van der Waals surface area (Å²) in [6, 6.07) is 6.05. The first-order chi connectivity index (χ1) is 19.5. The van der Waals surface area contributed by atoms with Gasteiger partial charge in [0.2, 0.25) is 17.7 Å². The number of ether oxygens (including phenoxy) is 1. The average Bonchev–Trinajstić information content (AvgIpc) is 3.09. The van der Waals surface area contributed by atoms with Crippen LogP contribution in [0.3, 0.4) is 0 Å². The topological polar surface area (TPSA) is 145 Å². The molecule has 42 heavy (non-hydrogen) atoms. The summed E-state index contributed by atoms with van der Waals surface area (Å²) < 4.78 is 5.37. The number of benzene rings is 1. The molecule has 0 aliphatic carbocycles.